The first-order valence-electron chi connectivity index (χ1n) is 5.13. The van der Waals surface area contributed by atoms with E-state index in [0.717, 1.165) is 10.7 Å². The number of sulfonamides is 1. The van der Waals surface area contributed by atoms with E-state index >= 15 is 0 Å². The van der Waals surface area contributed by atoms with E-state index in [0.29, 0.717) is 12.8 Å². The van der Waals surface area contributed by atoms with E-state index in [-0.39, 0.29) is 12.3 Å². The van der Waals surface area contributed by atoms with Crippen molar-refractivity contribution in [3.63, 3.8) is 0 Å². The smallest absolute Gasteiger partial charge is 0.318 e. The normalized spacial score (nSPS) is 11.9. The Morgan fingerprint density at radius 1 is 1.27 bits per heavy atom. The molecule has 0 fully saturated rings. The van der Waals surface area contributed by atoms with Crippen LogP contribution < -0.4 is 0 Å². The molecule has 0 saturated carbocycles. The van der Waals surface area contributed by atoms with Gasteiger partial charge in [0.15, 0.2) is 0 Å². The predicted molar refractivity (Wildman–Crippen MR) is 58.2 cm³/mol. The molecule has 0 aliphatic carbocycles. The average molecular weight is 237 g/mol. The highest BCUT2D eigenvalue weighted by molar-refractivity contribution is 7.89. The Morgan fingerprint density at radius 3 is 2.27 bits per heavy atom. The van der Waals surface area contributed by atoms with Gasteiger partial charge in [0, 0.05) is 6.54 Å². The molecule has 0 aliphatic heterocycles. The van der Waals surface area contributed by atoms with Crippen LogP contribution in [0.4, 0.5) is 0 Å². The Bertz CT molecular complexity index is 286. The minimum atomic E-state index is -3.39. The summed E-state index contributed by atoms with van der Waals surface area (Å²) in [5.41, 5.74) is 0. The first-order valence-corrected chi connectivity index (χ1v) is 6.74. The summed E-state index contributed by atoms with van der Waals surface area (Å²) in [4.78, 5) is 10.5. The first-order chi connectivity index (χ1) is 6.94. The van der Waals surface area contributed by atoms with Crippen LogP contribution in [0.15, 0.2) is 0 Å². The minimum Gasteiger partial charge on any atom is -0.480 e. The summed E-state index contributed by atoms with van der Waals surface area (Å²) in [5.74, 6) is -1.07. The van der Waals surface area contributed by atoms with Gasteiger partial charge in [0.2, 0.25) is 10.0 Å². The van der Waals surface area contributed by atoms with Crippen LogP contribution in [-0.4, -0.2) is 42.6 Å². The summed E-state index contributed by atoms with van der Waals surface area (Å²) in [6.45, 7) is 3.57. The maximum atomic E-state index is 11.7. The fraction of sp³-hybridized carbons (Fsp3) is 0.889. The van der Waals surface area contributed by atoms with Gasteiger partial charge in [-0.15, -0.1) is 0 Å². The Hall–Kier alpha value is -0.620. The quantitative estimate of drug-likeness (QED) is 0.681. The van der Waals surface area contributed by atoms with Gasteiger partial charge in [-0.25, -0.2) is 8.42 Å². The van der Waals surface area contributed by atoms with E-state index in [4.69, 9.17) is 5.11 Å². The van der Waals surface area contributed by atoms with Gasteiger partial charge in [-0.3, -0.25) is 4.79 Å². The molecular weight excluding hydrogens is 218 g/mol. The molecule has 0 saturated heterocycles. The molecule has 0 amide bonds. The second-order valence-corrected chi connectivity index (χ2v) is 5.49. The maximum absolute atomic E-state index is 11.7. The summed E-state index contributed by atoms with van der Waals surface area (Å²) in [6.07, 6.45) is 1.98. The van der Waals surface area contributed by atoms with E-state index in [2.05, 4.69) is 0 Å². The second kappa shape index (κ2) is 6.79. The highest BCUT2D eigenvalue weighted by Gasteiger charge is 2.22. The van der Waals surface area contributed by atoms with Crippen molar-refractivity contribution in [2.24, 2.45) is 0 Å². The monoisotopic (exact) mass is 237 g/mol. The van der Waals surface area contributed by atoms with Crippen molar-refractivity contribution in [2.75, 3.05) is 18.8 Å². The molecule has 0 aromatic rings. The molecule has 0 aromatic carbocycles. The number of carboxylic acid groups (broad SMARTS) is 1. The molecule has 1 N–H and O–H groups in total. The third-order valence-electron chi connectivity index (χ3n) is 1.93. The number of hydrogen-bond acceptors (Lipinski definition) is 3. The Balaban J connectivity index is 4.51. The van der Waals surface area contributed by atoms with Crippen LogP contribution in [0.1, 0.15) is 33.1 Å². The van der Waals surface area contributed by atoms with Gasteiger partial charge in [-0.1, -0.05) is 20.3 Å². The van der Waals surface area contributed by atoms with Gasteiger partial charge in [0.1, 0.15) is 6.54 Å². The lowest BCUT2D eigenvalue weighted by molar-refractivity contribution is -0.137. The van der Waals surface area contributed by atoms with E-state index in [1.807, 2.05) is 13.8 Å². The molecule has 5 nitrogen and oxygen atoms in total. The molecule has 0 aromatic heterocycles. The molecule has 0 unspecified atom stereocenters. The lowest BCUT2D eigenvalue weighted by Gasteiger charge is -2.19. The third-order valence-corrected chi connectivity index (χ3v) is 3.84. The predicted octanol–water partition coefficient (Wildman–Crippen LogP) is 0.913. The molecule has 0 rings (SSSR count). The standard InChI is InChI=1S/C9H19NO4S/c1-3-5-7-15(13,14)10(6-4-2)8-9(11)12/h3-8H2,1-2H3,(H,11,12). The van der Waals surface area contributed by atoms with Crippen molar-refractivity contribution in [1.82, 2.24) is 4.31 Å². The SMILES string of the molecule is CCCCS(=O)(=O)N(CCC)CC(=O)O. The van der Waals surface area contributed by atoms with Crippen LogP contribution >= 0.6 is 0 Å². The van der Waals surface area contributed by atoms with Crippen molar-refractivity contribution >= 4 is 16.0 Å². The second-order valence-electron chi connectivity index (χ2n) is 3.40. The van der Waals surface area contributed by atoms with Crippen LogP contribution in [0.2, 0.25) is 0 Å². The van der Waals surface area contributed by atoms with E-state index in [9.17, 15) is 13.2 Å². The number of carboxylic acids is 1. The van der Waals surface area contributed by atoms with Crippen LogP contribution in [0.3, 0.4) is 0 Å². The van der Waals surface area contributed by atoms with Gasteiger partial charge in [-0.05, 0) is 12.8 Å². The molecule has 6 heteroatoms. The van der Waals surface area contributed by atoms with Crippen molar-refractivity contribution < 1.29 is 18.3 Å². The van der Waals surface area contributed by atoms with Crippen molar-refractivity contribution in [3.05, 3.63) is 0 Å². The van der Waals surface area contributed by atoms with E-state index in [1.54, 1.807) is 0 Å². The van der Waals surface area contributed by atoms with Crippen molar-refractivity contribution in [2.45, 2.75) is 33.1 Å². The van der Waals surface area contributed by atoms with Crippen LogP contribution in [0.25, 0.3) is 0 Å². The summed E-state index contributed by atoms with van der Waals surface area (Å²) in [7, 11) is -3.39. The lowest BCUT2D eigenvalue weighted by Crippen LogP contribution is -2.37. The van der Waals surface area contributed by atoms with Gasteiger partial charge >= 0.3 is 5.97 Å². The number of hydrogen-bond donors (Lipinski definition) is 1. The largest absolute Gasteiger partial charge is 0.480 e. The zero-order valence-corrected chi connectivity index (χ0v) is 10.1. The molecular formula is C9H19NO4S. The number of unbranched alkanes of at least 4 members (excludes halogenated alkanes) is 1. The minimum absolute atomic E-state index is 0.0385. The Morgan fingerprint density at radius 2 is 1.87 bits per heavy atom. The Kier molecular flexibility index (Phi) is 6.51. The highest BCUT2D eigenvalue weighted by Crippen LogP contribution is 2.05. The zero-order chi connectivity index (χ0) is 11.9. The summed E-state index contributed by atoms with van der Waals surface area (Å²) in [5, 5.41) is 8.59. The van der Waals surface area contributed by atoms with E-state index in [1.165, 1.54) is 0 Å². The Labute approximate surface area is 91.1 Å². The highest BCUT2D eigenvalue weighted by atomic mass is 32.2. The van der Waals surface area contributed by atoms with Crippen LogP contribution in [0.5, 0.6) is 0 Å². The molecule has 90 valence electrons. The number of rotatable bonds is 8. The van der Waals surface area contributed by atoms with Crippen LogP contribution in [-0.2, 0) is 14.8 Å². The number of aliphatic carboxylic acids is 1. The molecule has 0 aliphatic rings. The molecule has 0 heterocycles. The summed E-state index contributed by atoms with van der Waals surface area (Å²) in [6, 6.07) is 0. The zero-order valence-electron chi connectivity index (χ0n) is 9.27. The number of carbonyl (C=O) groups is 1. The van der Waals surface area contributed by atoms with Crippen molar-refractivity contribution in [1.29, 1.82) is 0 Å². The number of nitrogens with zero attached hydrogens (tertiary/aromatic N) is 1. The molecule has 0 atom stereocenters. The van der Waals surface area contributed by atoms with Gasteiger partial charge in [0.25, 0.3) is 0 Å². The lowest BCUT2D eigenvalue weighted by atomic mass is 10.4. The fourth-order valence-corrected chi connectivity index (χ4v) is 2.85. The summed E-state index contributed by atoms with van der Waals surface area (Å²) >= 11 is 0. The molecule has 0 spiro atoms. The topological polar surface area (TPSA) is 74.7 Å². The first kappa shape index (κ1) is 14.4. The molecule has 15 heavy (non-hydrogen) atoms. The summed E-state index contributed by atoms with van der Waals surface area (Å²) < 4.78 is 24.4. The fourth-order valence-electron chi connectivity index (χ4n) is 1.17. The molecule has 0 bridgehead atoms. The maximum Gasteiger partial charge on any atom is 0.318 e. The van der Waals surface area contributed by atoms with Gasteiger partial charge in [-0.2, -0.15) is 4.31 Å². The van der Waals surface area contributed by atoms with Gasteiger partial charge < -0.3 is 5.11 Å². The molecule has 0 radical (unpaired) electrons. The van der Waals surface area contributed by atoms with Gasteiger partial charge in [0.05, 0.1) is 5.75 Å². The van der Waals surface area contributed by atoms with Crippen LogP contribution in [0, 0.1) is 0 Å². The van der Waals surface area contributed by atoms with Crippen molar-refractivity contribution in [3.8, 4) is 0 Å². The average Bonchev–Trinajstić information content (AvgIpc) is 2.13. The third kappa shape index (κ3) is 5.74. The van der Waals surface area contributed by atoms with E-state index < -0.39 is 22.5 Å².